The van der Waals surface area contributed by atoms with E-state index in [-0.39, 0.29) is 6.10 Å². The first-order valence-corrected chi connectivity index (χ1v) is 6.80. The van der Waals surface area contributed by atoms with Crippen molar-refractivity contribution in [1.29, 1.82) is 0 Å². The maximum atomic E-state index is 13.0. The Morgan fingerprint density at radius 3 is 2.95 bits per heavy atom. The summed E-state index contributed by atoms with van der Waals surface area (Å²) in [5, 5.41) is 12.6. The minimum atomic E-state index is -1.31. The van der Waals surface area contributed by atoms with Crippen LogP contribution in [0.1, 0.15) is 31.9 Å². The summed E-state index contributed by atoms with van der Waals surface area (Å²) in [5.41, 5.74) is -0.994. The number of nitrogens with zero attached hydrogens (tertiary/aromatic N) is 1. The van der Waals surface area contributed by atoms with Gasteiger partial charge in [0.2, 0.25) is 0 Å². The number of hydrogen-bond acceptors (Lipinski definition) is 4. The molecule has 2 rings (SSSR count). The van der Waals surface area contributed by atoms with Crippen molar-refractivity contribution in [2.75, 3.05) is 13.2 Å². The standard InChI is InChI=1S/C14H19FN2O3/c1-2-14(13(18)19,12-6-5-10(15)8-16-12)17-9-11-4-3-7-20-11/h5-6,8,11,17H,2-4,7,9H2,1H3,(H,18,19). The summed E-state index contributed by atoms with van der Waals surface area (Å²) >= 11 is 0. The molecular weight excluding hydrogens is 263 g/mol. The molecule has 110 valence electrons. The first-order chi connectivity index (χ1) is 9.58. The highest BCUT2D eigenvalue weighted by molar-refractivity contribution is 5.80. The lowest BCUT2D eigenvalue weighted by Gasteiger charge is -2.30. The van der Waals surface area contributed by atoms with Gasteiger partial charge in [-0.1, -0.05) is 6.92 Å². The monoisotopic (exact) mass is 282 g/mol. The molecule has 6 heteroatoms. The van der Waals surface area contributed by atoms with Gasteiger partial charge in [0.15, 0.2) is 5.54 Å². The Morgan fingerprint density at radius 1 is 1.65 bits per heavy atom. The topological polar surface area (TPSA) is 71.5 Å². The van der Waals surface area contributed by atoms with Crippen LogP contribution in [-0.2, 0) is 15.1 Å². The van der Waals surface area contributed by atoms with E-state index in [0.717, 1.165) is 19.0 Å². The van der Waals surface area contributed by atoms with Crippen molar-refractivity contribution in [3.63, 3.8) is 0 Å². The van der Waals surface area contributed by atoms with E-state index >= 15 is 0 Å². The van der Waals surface area contributed by atoms with Gasteiger partial charge >= 0.3 is 5.97 Å². The Kier molecular flexibility index (Phi) is 4.67. The molecule has 0 aliphatic carbocycles. The Morgan fingerprint density at radius 2 is 2.45 bits per heavy atom. The zero-order valence-corrected chi connectivity index (χ0v) is 11.4. The molecule has 1 aromatic heterocycles. The molecule has 0 aromatic carbocycles. The predicted octanol–water partition coefficient (Wildman–Crippen LogP) is 1.68. The summed E-state index contributed by atoms with van der Waals surface area (Å²) in [6, 6.07) is 2.64. The highest BCUT2D eigenvalue weighted by Crippen LogP contribution is 2.25. The molecular formula is C14H19FN2O3. The van der Waals surface area contributed by atoms with Crippen LogP contribution in [0.15, 0.2) is 18.3 Å². The van der Waals surface area contributed by atoms with Crippen LogP contribution in [0.5, 0.6) is 0 Å². The molecule has 0 radical (unpaired) electrons. The Labute approximate surface area is 117 Å². The van der Waals surface area contributed by atoms with E-state index in [9.17, 15) is 14.3 Å². The third-order valence-corrected chi connectivity index (χ3v) is 3.72. The highest BCUT2D eigenvalue weighted by atomic mass is 19.1. The van der Waals surface area contributed by atoms with Gasteiger partial charge in [-0.2, -0.15) is 0 Å². The molecule has 2 N–H and O–H groups in total. The van der Waals surface area contributed by atoms with E-state index in [4.69, 9.17) is 4.74 Å². The fraction of sp³-hybridized carbons (Fsp3) is 0.571. The van der Waals surface area contributed by atoms with Crippen LogP contribution < -0.4 is 5.32 Å². The van der Waals surface area contributed by atoms with Gasteiger partial charge in [-0.25, -0.2) is 9.18 Å². The Balaban J connectivity index is 2.19. The molecule has 0 amide bonds. The van der Waals surface area contributed by atoms with Crippen molar-refractivity contribution < 1.29 is 19.0 Å². The summed E-state index contributed by atoms with van der Waals surface area (Å²) in [7, 11) is 0. The summed E-state index contributed by atoms with van der Waals surface area (Å²) in [6.07, 6.45) is 3.29. The lowest BCUT2D eigenvalue weighted by molar-refractivity contribution is -0.146. The first-order valence-electron chi connectivity index (χ1n) is 6.80. The second-order valence-electron chi connectivity index (χ2n) is 4.94. The number of aliphatic carboxylic acids is 1. The van der Waals surface area contributed by atoms with E-state index in [0.29, 0.717) is 25.3 Å². The van der Waals surface area contributed by atoms with Crippen LogP contribution in [0.3, 0.4) is 0 Å². The van der Waals surface area contributed by atoms with Gasteiger partial charge in [-0.05, 0) is 31.4 Å². The summed E-state index contributed by atoms with van der Waals surface area (Å²) in [5.74, 6) is -1.50. The zero-order chi connectivity index (χ0) is 14.6. The normalized spacial score (nSPS) is 21.6. The summed E-state index contributed by atoms with van der Waals surface area (Å²) in [6.45, 7) is 2.92. The van der Waals surface area contributed by atoms with Gasteiger partial charge in [0.1, 0.15) is 5.82 Å². The number of hydrogen-bond donors (Lipinski definition) is 2. The number of nitrogens with one attached hydrogen (secondary N) is 1. The quantitative estimate of drug-likeness (QED) is 0.830. The van der Waals surface area contributed by atoms with E-state index in [1.54, 1.807) is 6.92 Å². The Hall–Kier alpha value is -1.53. The van der Waals surface area contributed by atoms with Crippen molar-refractivity contribution in [2.24, 2.45) is 0 Å². The first kappa shape index (κ1) is 14.9. The predicted molar refractivity (Wildman–Crippen MR) is 70.8 cm³/mol. The fourth-order valence-electron chi connectivity index (χ4n) is 2.45. The van der Waals surface area contributed by atoms with Gasteiger partial charge < -0.3 is 9.84 Å². The third-order valence-electron chi connectivity index (χ3n) is 3.72. The Bertz CT molecular complexity index is 460. The van der Waals surface area contributed by atoms with Crippen molar-refractivity contribution in [2.45, 2.75) is 37.8 Å². The summed E-state index contributed by atoms with van der Waals surface area (Å²) in [4.78, 5) is 15.6. The maximum Gasteiger partial charge on any atom is 0.330 e. The van der Waals surface area contributed by atoms with Crippen LogP contribution >= 0.6 is 0 Å². The van der Waals surface area contributed by atoms with Crippen molar-refractivity contribution in [3.8, 4) is 0 Å². The number of rotatable bonds is 6. The molecule has 1 fully saturated rings. The molecule has 2 atom stereocenters. The second kappa shape index (κ2) is 6.28. The molecule has 2 heterocycles. The minimum Gasteiger partial charge on any atom is -0.480 e. The summed E-state index contributed by atoms with van der Waals surface area (Å²) < 4.78 is 18.5. The average Bonchev–Trinajstić information content (AvgIpc) is 2.94. The third kappa shape index (κ3) is 2.96. The molecule has 1 aliphatic heterocycles. The number of pyridine rings is 1. The average molecular weight is 282 g/mol. The number of carbonyl (C=O) groups is 1. The SMILES string of the molecule is CCC(NCC1CCCO1)(C(=O)O)c1ccc(F)cn1. The molecule has 0 spiro atoms. The fourth-order valence-corrected chi connectivity index (χ4v) is 2.45. The van der Waals surface area contributed by atoms with E-state index in [1.807, 2.05) is 0 Å². The van der Waals surface area contributed by atoms with Crippen LogP contribution in [0, 0.1) is 5.82 Å². The van der Waals surface area contributed by atoms with Crippen LogP contribution in [0.25, 0.3) is 0 Å². The lowest BCUT2D eigenvalue weighted by atomic mass is 9.91. The molecule has 0 saturated carbocycles. The molecule has 0 bridgehead atoms. The number of halogens is 1. The van der Waals surface area contributed by atoms with Crippen molar-refractivity contribution >= 4 is 5.97 Å². The molecule has 2 unspecified atom stereocenters. The van der Waals surface area contributed by atoms with Gasteiger partial charge in [-0.3, -0.25) is 10.3 Å². The largest absolute Gasteiger partial charge is 0.480 e. The molecule has 20 heavy (non-hydrogen) atoms. The second-order valence-corrected chi connectivity index (χ2v) is 4.94. The number of carboxylic acids is 1. The van der Waals surface area contributed by atoms with Gasteiger partial charge in [0.05, 0.1) is 18.0 Å². The molecule has 1 aliphatic rings. The molecule has 5 nitrogen and oxygen atoms in total. The number of ether oxygens (including phenoxy) is 1. The van der Waals surface area contributed by atoms with E-state index in [2.05, 4.69) is 10.3 Å². The highest BCUT2D eigenvalue weighted by Gasteiger charge is 2.40. The zero-order valence-electron chi connectivity index (χ0n) is 11.4. The lowest BCUT2D eigenvalue weighted by Crippen LogP contribution is -2.51. The van der Waals surface area contributed by atoms with Crippen LogP contribution in [-0.4, -0.2) is 35.3 Å². The number of aromatic nitrogens is 1. The maximum absolute atomic E-state index is 13.0. The van der Waals surface area contributed by atoms with E-state index < -0.39 is 17.3 Å². The van der Waals surface area contributed by atoms with Crippen molar-refractivity contribution in [3.05, 3.63) is 29.8 Å². The molecule has 1 aromatic rings. The van der Waals surface area contributed by atoms with Crippen LogP contribution in [0.4, 0.5) is 4.39 Å². The minimum absolute atomic E-state index is 0.0284. The van der Waals surface area contributed by atoms with Gasteiger partial charge in [-0.15, -0.1) is 0 Å². The van der Waals surface area contributed by atoms with Gasteiger partial charge in [0, 0.05) is 13.2 Å². The van der Waals surface area contributed by atoms with Crippen LogP contribution in [0.2, 0.25) is 0 Å². The van der Waals surface area contributed by atoms with E-state index in [1.165, 1.54) is 12.1 Å². The van der Waals surface area contributed by atoms with Crippen molar-refractivity contribution in [1.82, 2.24) is 10.3 Å². The number of carboxylic acid groups (broad SMARTS) is 1. The van der Waals surface area contributed by atoms with Gasteiger partial charge in [0.25, 0.3) is 0 Å². The smallest absolute Gasteiger partial charge is 0.330 e. The molecule has 1 saturated heterocycles.